The van der Waals surface area contributed by atoms with Gasteiger partial charge in [-0.3, -0.25) is 9.59 Å². The van der Waals surface area contributed by atoms with Gasteiger partial charge in [0.25, 0.3) is 0 Å². The van der Waals surface area contributed by atoms with Crippen molar-refractivity contribution >= 4 is 28.2 Å². The van der Waals surface area contributed by atoms with Crippen molar-refractivity contribution in [3.8, 4) is 11.8 Å². The van der Waals surface area contributed by atoms with Gasteiger partial charge in [0, 0.05) is 30.2 Å². The molecule has 176 valence electrons. The third-order valence-corrected chi connectivity index (χ3v) is 7.29. The molecule has 2 amide bonds. The Balaban J connectivity index is 1.43. The fraction of sp³-hybridized carbons (Fsp3) is 0.360. The van der Waals surface area contributed by atoms with Crippen molar-refractivity contribution in [1.29, 1.82) is 5.26 Å². The van der Waals surface area contributed by atoms with Gasteiger partial charge in [-0.1, -0.05) is 19.1 Å². The molecule has 3 heterocycles. The molecule has 0 bridgehead atoms. The summed E-state index contributed by atoms with van der Waals surface area (Å²) in [6.07, 6.45) is 4.36. The minimum absolute atomic E-state index is 0.00466. The first kappa shape index (κ1) is 23.5. The van der Waals surface area contributed by atoms with Crippen molar-refractivity contribution in [1.82, 2.24) is 14.5 Å². The number of nitriles is 1. The number of hydrogen-bond acceptors (Lipinski definition) is 6. The second-order valence-electron chi connectivity index (χ2n) is 8.42. The van der Waals surface area contributed by atoms with Crippen LogP contribution in [0.5, 0.6) is 5.75 Å². The molecule has 0 aliphatic carbocycles. The van der Waals surface area contributed by atoms with Crippen LogP contribution in [0, 0.1) is 18.3 Å². The third kappa shape index (κ3) is 4.97. The average Bonchev–Trinajstić information content (AvgIpc) is 3.40. The first-order valence-electron chi connectivity index (χ1n) is 11.1. The molecule has 34 heavy (non-hydrogen) atoms. The van der Waals surface area contributed by atoms with Crippen molar-refractivity contribution < 1.29 is 14.3 Å². The highest BCUT2D eigenvalue weighted by atomic mass is 32.1. The minimum atomic E-state index is -0.145. The molecule has 9 heteroatoms. The number of rotatable bonds is 7. The zero-order valence-corrected chi connectivity index (χ0v) is 20.3. The van der Waals surface area contributed by atoms with Crippen molar-refractivity contribution in [2.75, 3.05) is 19.0 Å². The fourth-order valence-corrected chi connectivity index (χ4v) is 5.39. The quantitative estimate of drug-likeness (QED) is 0.557. The van der Waals surface area contributed by atoms with Crippen molar-refractivity contribution in [3.05, 3.63) is 64.1 Å². The highest BCUT2D eigenvalue weighted by Crippen LogP contribution is 2.37. The summed E-state index contributed by atoms with van der Waals surface area (Å²) in [7, 11) is 1.62. The maximum Gasteiger partial charge on any atom is 0.242 e. The van der Waals surface area contributed by atoms with E-state index in [-0.39, 0.29) is 30.7 Å². The van der Waals surface area contributed by atoms with Gasteiger partial charge < -0.3 is 19.5 Å². The van der Waals surface area contributed by atoms with Gasteiger partial charge in [0.15, 0.2) is 0 Å². The molecular weight excluding hydrogens is 450 g/mol. The monoisotopic (exact) mass is 477 g/mol. The average molecular weight is 478 g/mol. The highest BCUT2D eigenvalue weighted by Gasteiger charge is 2.28. The van der Waals surface area contributed by atoms with E-state index in [0.717, 1.165) is 27.6 Å². The van der Waals surface area contributed by atoms with Crippen LogP contribution >= 0.6 is 11.3 Å². The molecule has 3 aromatic rings. The maximum atomic E-state index is 12.8. The molecule has 1 atom stereocenters. The van der Waals surface area contributed by atoms with Crippen LogP contribution < -0.4 is 10.1 Å². The summed E-state index contributed by atoms with van der Waals surface area (Å²) in [5.74, 6) is 1.41. The molecule has 8 nitrogen and oxygen atoms in total. The summed E-state index contributed by atoms with van der Waals surface area (Å²) in [6.45, 7) is 5.08. The molecule has 1 N–H and O–H groups in total. The summed E-state index contributed by atoms with van der Waals surface area (Å²) in [5, 5.41) is 13.3. The van der Waals surface area contributed by atoms with E-state index in [4.69, 9.17) is 4.74 Å². The minimum Gasteiger partial charge on any atom is -0.497 e. The Bertz CT molecular complexity index is 1260. The maximum absolute atomic E-state index is 12.8. The van der Waals surface area contributed by atoms with Gasteiger partial charge >= 0.3 is 0 Å². The Morgan fingerprint density at radius 3 is 2.91 bits per heavy atom. The lowest BCUT2D eigenvalue weighted by molar-refractivity contribution is -0.132. The summed E-state index contributed by atoms with van der Waals surface area (Å²) < 4.78 is 7.10. The predicted octanol–water partition coefficient (Wildman–Crippen LogP) is 3.85. The van der Waals surface area contributed by atoms with Gasteiger partial charge in [0.2, 0.25) is 11.8 Å². The van der Waals surface area contributed by atoms with Crippen LogP contribution in [0.15, 0.2) is 36.7 Å². The fourth-order valence-electron chi connectivity index (χ4n) is 4.16. The second kappa shape index (κ2) is 10.1. The lowest BCUT2D eigenvalue weighted by Crippen LogP contribution is -2.37. The Labute approximate surface area is 202 Å². The van der Waals surface area contributed by atoms with Crippen molar-refractivity contribution in [3.63, 3.8) is 0 Å². The van der Waals surface area contributed by atoms with E-state index in [0.29, 0.717) is 30.1 Å². The summed E-state index contributed by atoms with van der Waals surface area (Å²) in [5.41, 5.74) is 2.47. The van der Waals surface area contributed by atoms with E-state index < -0.39 is 0 Å². The number of hydrogen-bond donors (Lipinski definition) is 1. The summed E-state index contributed by atoms with van der Waals surface area (Å²) in [4.78, 5) is 32.5. The lowest BCUT2D eigenvalue weighted by Gasteiger charge is -2.27. The highest BCUT2D eigenvalue weighted by molar-refractivity contribution is 7.16. The van der Waals surface area contributed by atoms with E-state index in [1.54, 1.807) is 24.4 Å². The molecule has 0 saturated carbocycles. The Hall–Kier alpha value is -3.64. The van der Waals surface area contributed by atoms with Gasteiger partial charge in [0.1, 0.15) is 29.2 Å². The smallest absolute Gasteiger partial charge is 0.242 e. The van der Waals surface area contributed by atoms with Gasteiger partial charge in [-0.2, -0.15) is 5.26 Å². The number of ether oxygens (including phenoxy) is 1. The van der Waals surface area contributed by atoms with E-state index in [1.807, 2.05) is 42.7 Å². The van der Waals surface area contributed by atoms with E-state index in [9.17, 15) is 14.9 Å². The molecule has 0 radical (unpaired) electrons. The normalized spacial score (nSPS) is 13.6. The number of methoxy groups -OCH3 is 1. The Morgan fingerprint density at radius 2 is 2.21 bits per heavy atom. The Morgan fingerprint density at radius 1 is 1.38 bits per heavy atom. The number of aromatic nitrogens is 2. The Kier molecular flexibility index (Phi) is 6.98. The number of amides is 2. The SMILES string of the molecule is COc1cccc(C(C)CC(=O)Nc2sc3c(c2C#N)CCN(C(=O)Cn2ccnc2C)C3)c1. The molecule has 1 unspecified atom stereocenters. The number of nitrogens with zero attached hydrogens (tertiary/aromatic N) is 4. The van der Waals surface area contributed by atoms with Crippen LogP contribution in [0.25, 0.3) is 0 Å². The molecule has 0 spiro atoms. The summed E-state index contributed by atoms with van der Waals surface area (Å²) >= 11 is 1.39. The van der Waals surface area contributed by atoms with E-state index >= 15 is 0 Å². The number of aryl methyl sites for hydroxylation is 1. The molecule has 1 aromatic carbocycles. The molecule has 0 saturated heterocycles. The zero-order chi connectivity index (χ0) is 24.2. The number of benzene rings is 1. The molecular formula is C25H27N5O3S. The molecule has 4 rings (SSSR count). The number of carbonyl (C=O) groups excluding carboxylic acids is 2. The van der Waals surface area contributed by atoms with Crippen LogP contribution in [-0.2, 0) is 29.1 Å². The van der Waals surface area contributed by atoms with E-state index in [2.05, 4.69) is 16.4 Å². The number of nitrogens with one attached hydrogen (secondary N) is 1. The summed E-state index contributed by atoms with van der Waals surface area (Å²) in [6, 6.07) is 9.94. The van der Waals surface area contributed by atoms with Gasteiger partial charge in [-0.05, 0) is 42.5 Å². The standard InChI is InChI=1S/C25H27N5O3S/c1-16(18-5-4-6-19(12-18)33-3)11-23(31)28-25-21(13-26)20-7-9-30(14-22(20)34-25)24(32)15-29-10-8-27-17(29)2/h4-6,8,10,12,16H,7,9,11,14-15H2,1-3H3,(H,28,31). The van der Waals surface area contributed by atoms with Crippen LogP contribution in [0.1, 0.15) is 46.7 Å². The zero-order valence-electron chi connectivity index (χ0n) is 19.5. The molecule has 2 aromatic heterocycles. The van der Waals surface area contributed by atoms with Crippen LogP contribution in [0.2, 0.25) is 0 Å². The molecule has 0 fully saturated rings. The van der Waals surface area contributed by atoms with Crippen LogP contribution in [0.4, 0.5) is 5.00 Å². The number of carbonyl (C=O) groups is 2. The number of imidazole rings is 1. The largest absolute Gasteiger partial charge is 0.497 e. The van der Waals surface area contributed by atoms with Gasteiger partial charge in [-0.15, -0.1) is 11.3 Å². The topological polar surface area (TPSA) is 100 Å². The number of fused-ring (bicyclic) bond motifs is 1. The van der Waals surface area contributed by atoms with Gasteiger partial charge in [-0.25, -0.2) is 4.98 Å². The molecule has 1 aliphatic heterocycles. The predicted molar refractivity (Wildman–Crippen MR) is 130 cm³/mol. The van der Waals surface area contributed by atoms with Gasteiger partial charge in [0.05, 0.1) is 19.2 Å². The van der Waals surface area contributed by atoms with Crippen molar-refractivity contribution in [2.24, 2.45) is 0 Å². The first-order valence-corrected chi connectivity index (χ1v) is 11.9. The second-order valence-corrected chi connectivity index (χ2v) is 9.52. The molecule has 1 aliphatic rings. The first-order chi connectivity index (χ1) is 16.4. The van der Waals surface area contributed by atoms with Crippen LogP contribution in [-0.4, -0.2) is 39.9 Å². The third-order valence-electron chi connectivity index (χ3n) is 6.16. The van der Waals surface area contributed by atoms with Crippen molar-refractivity contribution in [2.45, 2.75) is 45.7 Å². The van der Waals surface area contributed by atoms with E-state index in [1.165, 1.54) is 11.3 Å². The number of thiophene rings is 1. The number of anilines is 1. The van der Waals surface area contributed by atoms with Crippen LogP contribution in [0.3, 0.4) is 0 Å². The lowest BCUT2D eigenvalue weighted by atomic mass is 9.97.